The highest BCUT2D eigenvalue weighted by Gasteiger charge is 2.09. The molecule has 1 atom stereocenters. The number of aliphatic hydroxyl groups excluding tert-OH is 1. The predicted octanol–water partition coefficient (Wildman–Crippen LogP) is 2.25. The smallest absolute Gasteiger partial charge is 0.319 e. The number of nitrogens with zero attached hydrogens (tertiary/aromatic N) is 1. The van der Waals surface area contributed by atoms with Crippen LogP contribution in [0.3, 0.4) is 0 Å². The molecule has 1 aromatic heterocycles. The highest BCUT2D eigenvalue weighted by atomic mass is 16.3. The summed E-state index contributed by atoms with van der Waals surface area (Å²) in [6.45, 7) is 1.63. The molecule has 0 bridgehead atoms. The Morgan fingerprint density at radius 2 is 1.95 bits per heavy atom. The molecule has 0 aliphatic rings. The van der Waals surface area contributed by atoms with Crippen molar-refractivity contribution < 1.29 is 9.90 Å². The van der Waals surface area contributed by atoms with Crippen LogP contribution in [-0.2, 0) is 0 Å². The van der Waals surface area contributed by atoms with Gasteiger partial charge in [-0.25, -0.2) is 4.79 Å². The summed E-state index contributed by atoms with van der Waals surface area (Å²) in [5.74, 6) is 0. The lowest BCUT2D eigenvalue weighted by atomic mass is 10.1. The monoisotopic (exact) mass is 271 g/mol. The van der Waals surface area contributed by atoms with Gasteiger partial charge in [0.1, 0.15) is 0 Å². The second-order valence-electron chi connectivity index (χ2n) is 4.46. The highest BCUT2D eigenvalue weighted by Crippen LogP contribution is 2.26. The summed E-state index contributed by atoms with van der Waals surface area (Å²) in [5, 5.41) is 14.4. The first kappa shape index (κ1) is 14.0. The zero-order valence-corrected chi connectivity index (χ0v) is 11.2. The van der Waals surface area contributed by atoms with E-state index < -0.39 is 0 Å². The Labute approximate surface area is 117 Å². The number of hydrogen-bond donors (Lipinski definition) is 3. The van der Waals surface area contributed by atoms with Crippen LogP contribution in [0.1, 0.15) is 6.92 Å². The molecule has 0 unspecified atom stereocenters. The molecular formula is C15H17N3O2. The van der Waals surface area contributed by atoms with Crippen molar-refractivity contribution in [2.24, 2.45) is 0 Å². The third-order valence-electron chi connectivity index (χ3n) is 2.82. The van der Waals surface area contributed by atoms with Crippen molar-refractivity contribution in [3.8, 4) is 11.1 Å². The average Bonchev–Trinajstić information content (AvgIpc) is 2.48. The largest absolute Gasteiger partial charge is 0.394 e. The quantitative estimate of drug-likeness (QED) is 0.798. The number of aliphatic hydroxyl groups is 1. The molecule has 2 amide bonds. The number of pyridine rings is 1. The lowest BCUT2D eigenvalue weighted by Gasteiger charge is -2.14. The first-order valence-electron chi connectivity index (χ1n) is 6.38. The molecule has 0 saturated carbocycles. The Bertz CT molecular complexity index is 572. The van der Waals surface area contributed by atoms with Crippen molar-refractivity contribution in [1.82, 2.24) is 10.3 Å². The van der Waals surface area contributed by atoms with E-state index in [0.29, 0.717) is 5.69 Å². The molecule has 1 aromatic carbocycles. The van der Waals surface area contributed by atoms with E-state index in [2.05, 4.69) is 15.6 Å². The zero-order valence-electron chi connectivity index (χ0n) is 11.2. The molecule has 1 heterocycles. The van der Waals surface area contributed by atoms with Gasteiger partial charge < -0.3 is 15.7 Å². The van der Waals surface area contributed by atoms with E-state index in [4.69, 9.17) is 5.11 Å². The van der Waals surface area contributed by atoms with Crippen molar-refractivity contribution in [2.45, 2.75) is 13.0 Å². The van der Waals surface area contributed by atoms with Gasteiger partial charge >= 0.3 is 6.03 Å². The molecule has 2 rings (SSSR count). The third-order valence-corrected chi connectivity index (χ3v) is 2.82. The van der Waals surface area contributed by atoms with Crippen LogP contribution in [0.4, 0.5) is 10.5 Å². The summed E-state index contributed by atoms with van der Waals surface area (Å²) in [7, 11) is 0. The number of aromatic nitrogens is 1. The summed E-state index contributed by atoms with van der Waals surface area (Å²) in [6.07, 6.45) is 3.42. The Kier molecular flexibility index (Phi) is 4.68. The Morgan fingerprint density at radius 3 is 2.65 bits per heavy atom. The molecule has 2 aromatic rings. The zero-order chi connectivity index (χ0) is 14.4. The van der Waals surface area contributed by atoms with Crippen molar-refractivity contribution >= 4 is 11.7 Å². The molecular weight excluding hydrogens is 254 g/mol. The summed E-state index contributed by atoms with van der Waals surface area (Å²) >= 11 is 0. The fourth-order valence-corrected chi connectivity index (χ4v) is 1.80. The van der Waals surface area contributed by atoms with Crippen LogP contribution >= 0.6 is 0 Å². The number of benzene rings is 1. The van der Waals surface area contributed by atoms with Crippen molar-refractivity contribution in [1.29, 1.82) is 0 Å². The normalized spacial score (nSPS) is 11.7. The highest BCUT2D eigenvalue weighted by molar-refractivity contribution is 5.94. The van der Waals surface area contributed by atoms with Gasteiger partial charge in [-0.15, -0.1) is 0 Å². The fraction of sp³-hybridized carbons (Fsp3) is 0.200. The van der Waals surface area contributed by atoms with Crippen LogP contribution in [0.25, 0.3) is 11.1 Å². The maximum absolute atomic E-state index is 11.8. The van der Waals surface area contributed by atoms with E-state index in [1.54, 1.807) is 19.3 Å². The average molecular weight is 271 g/mol. The van der Waals surface area contributed by atoms with Gasteiger partial charge in [-0.3, -0.25) is 4.98 Å². The molecule has 0 radical (unpaired) electrons. The number of rotatable bonds is 4. The molecule has 0 aliphatic carbocycles. The van der Waals surface area contributed by atoms with E-state index in [9.17, 15) is 4.79 Å². The number of anilines is 1. The SMILES string of the molecule is C[C@@H](CO)NC(=O)Nc1ccccc1-c1ccncc1. The van der Waals surface area contributed by atoms with Crippen molar-refractivity contribution in [2.75, 3.05) is 11.9 Å². The summed E-state index contributed by atoms with van der Waals surface area (Å²) in [6, 6.07) is 10.7. The van der Waals surface area contributed by atoms with Crippen LogP contribution in [0.15, 0.2) is 48.8 Å². The topological polar surface area (TPSA) is 74.2 Å². The minimum atomic E-state index is -0.340. The maximum Gasteiger partial charge on any atom is 0.319 e. The second-order valence-corrected chi connectivity index (χ2v) is 4.46. The summed E-state index contributed by atoms with van der Waals surface area (Å²) in [5.41, 5.74) is 2.61. The van der Waals surface area contributed by atoms with E-state index in [-0.39, 0.29) is 18.7 Å². The molecule has 0 spiro atoms. The number of urea groups is 1. The predicted molar refractivity (Wildman–Crippen MR) is 78.4 cm³/mol. The molecule has 0 saturated heterocycles. The number of amides is 2. The van der Waals surface area contributed by atoms with E-state index >= 15 is 0 Å². The number of carbonyl (C=O) groups excluding carboxylic acids is 1. The van der Waals surface area contributed by atoms with E-state index in [1.807, 2.05) is 36.4 Å². The van der Waals surface area contributed by atoms with Gasteiger partial charge in [-0.2, -0.15) is 0 Å². The van der Waals surface area contributed by atoms with Gasteiger partial charge in [-0.1, -0.05) is 18.2 Å². The van der Waals surface area contributed by atoms with Gasteiger partial charge in [0.25, 0.3) is 0 Å². The number of nitrogens with one attached hydrogen (secondary N) is 2. The molecule has 0 aliphatic heterocycles. The van der Waals surface area contributed by atoms with E-state index in [0.717, 1.165) is 11.1 Å². The van der Waals surface area contributed by atoms with Crippen LogP contribution in [-0.4, -0.2) is 28.8 Å². The Hall–Kier alpha value is -2.40. The maximum atomic E-state index is 11.8. The number of hydrogen-bond acceptors (Lipinski definition) is 3. The Balaban J connectivity index is 2.19. The summed E-state index contributed by atoms with van der Waals surface area (Å²) < 4.78 is 0. The summed E-state index contributed by atoms with van der Waals surface area (Å²) in [4.78, 5) is 15.8. The minimum absolute atomic E-state index is 0.0978. The molecule has 104 valence electrons. The van der Waals surface area contributed by atoms with Gasteiger partial charge in [0, 0.05) is 18.0 Å². The molecule has 0 fully saturated rings. The van der Waals surface area contributed by atoms with Crippen molar-refractivity contribution in [3.05, 3.63) is 48.8 Å². The van der Waals surface area contributed by atoms with Gasteiger partial charge in [0.15, 0.2) is 0 Å². The van der Waals surface area contributed by atoms with Crippen LogP contribution in [0.2, 0.25) is 0 Å². The van der Waals surface area contributed by atoms with Crippen LogP contribution in [0.5, 0.6) is 0 Å². The lowest BCUT2D eigenvalue weighted by molar-refractivity contribution is 0.229. The number of carbonyl (C=O) groups is 1. The third kappa shape index (κ3) is 3.55. The van der Waals surface area contributed by atoms with Gasteiger partial charge in [-0.05, 0) is 30.7 Å². The molecule has 20 heavy (non-hydrogen) atoms. The fourth-order valence-electron chi connectivity index (χ4n) is 1.80. The van der Waals surface area contributed by atoms with Gasteiger partial charge in [0.05, 0.1) is 18.3 Å². The van der Waals surface area contributed by atoms with E-state index in [1.165, 1.54) is 0 Å². The first-order chi connectivity index (χ1) is 9.70. The number of para-hydroxylation sites is 1. The van der Waals surface area contributed by atoms with Crippen molar-refractivity contribution in [3.63, 3.8) is 0 Å². The molecule has 3 N–H and O–H groups in total. The first-order valence-corrected chi connectivity index (χ1v) is 6.38. The lowest BCUT2D eigenvalue weighted by Crippen LogP contribution is -2.38. The minimum Gasteiger partial charge on any atom is -0.394 e. The second kappa shape index (κ2) is 6.68. The van der Waals surface area contributed by atoms with Crippen LogP contribution < -0.4 is 10.6 Å². The Morgan fingerprint density at radius 1 is 1.25 bits per heavy atom. The van der Waals surface area contributed by atoms with Gasteiger partial charge in [0.2, 0.25) is 0 Å². The molecule has 5 nitrogen and oxygen atoms in total. The standard InChI is InChI=1S/C15H17N3O2/c1-11(10-19)17-15(20)18-14-5-3-2-4-13(14)12-6-8-16-9-7-12/h2-9,11,19H,10H2,1H3,(H2,17,18,20)/t11-/m0/s1. The van der Waals surface area contributed by atoms with Crippen LogP contribution in [0, 0.1) is 0 Å². The molecule has 5 heteroatoms.